The summed E-state index contributed by atoms with van der Waals surface area (Å²) in [5.74, 6) is 6.68. The van der Waals surface area contributed by atoms with E-state index in [0.29, 0.717) is 35.5 Å². The summed E-state index contributed by atoms with van der Waals surface area (Å²) < 4.78 is 0. The van der Waals surface area contributed by atoms with Gasteiger partial charge in [-0.05, 0) is 24.3 Å². The van der Waals surface area contributed by atoms with E-state index in [-0.39, 0.29) is 5.78 Å². The van der Waals surface area contributed by atoms with Gasteiger partial charge in [-0.15, -0.1) is 0 Å². The monoisotopic (exact) mass is 273 g/mol. The number of Topliss-reactive ketones (excluding diaryl/α,β-unsaturated/α-hetero) is 1. The Balaban J connectivity index is 1.93. The largest absolute Gasteiger partial charge is 0.369 e. The maximum Gasteiger partial charge on any atom is 0.168 e. The maximum absolute atomic E-state index is 11.8. The molecular weight excluding hydrogens is 262 g/mol. The zero-order chi connectivity index (χ0) is 14.7. The number of anilines is 1. The van der Waals surface area contributed by atoms with Crippen molar-refractivity contribution in [3.63, 3.8) is 0 Å². The Hall–Kier alpha value is -3.11. The third-order valence-corrected chi connectivity index (χ3v) is 3.18. The minimum Gasteiger partial charge on any atom is -0.369 e. The number of nitrogens with one attached hydrogen (secondary N) is 1. The molecule has 1 N–H and O–H groups in total. The average molecular weight is 273 g/mol. The van der Waals surface area contributed by atoms with Gasteiger partial charge in [-0.25, -0.2) is 4.98 Å². The first-order valence-corrected chi connectivity index (χ1v) is 6.55. The molecule has 0 atom stereocenters. The number of nitriles is 1. The number of benzene rings is 1. The van der Waals surface area contributed by atoms with E-state index in [9.17, 15) is 4.79 Å². The number of ketones is 1. The van der Waals surface area contributed by atoms with Crippen LogP contribution < -0.4 is 5.32 Å². The van der Waals surface area contributed by atoms with E-state index in [1.54, 1.807) is 30.5 Å². The minimum atomic E-state index is 0.0892. The second-order valence-electron chi connectivity index (χ2n) is 4.66. The quantitative estimate of drug-likeness (QED) is 0.748. The highest BCUT2D eigenvalue weighted by Gasteiger charge is 2.17. The number of rotatable bonds is 0. The number of nitrogens with zero attached hydrogens (tertiary/aromatic N) is 2. The molecule has 2 heterocycles. The number of pyridine rings is 1. The minimum absolute atomic E-state index is 0.0892. The molecule has 1 aromatic heterocycles. The molecule has 1 aliphatic rings. The van der Waals surface area contributed by atoms with Crippen molar-refractivity contribution in [1.82, 2.24) is 4.98 Å². The third kappa shape index (κ3) is 2.75. The third-order valence-electron chi connectivity index (χ3n) is 3.18. The topological polar surface area (TPSA) is 65.8 Å². The molecule has 0 saturated heterocycles. The molecular formula is C17H11N3O. The van der Waals surface area contributed by atoms with Crippen LogP contribution in [0.3, 0.4) is 0 Å². The summed E-state index contributed by atoms with van der Waals surface area (Å²) in [6, 6.07) is 10.9. The van der Waals surface area contributed by atoms with Crippen molar-refractivity contribution in [3.05, 3.63) is 58.8 Å². The van der Waals surface area contributed by atoms with Gasteiger partial charge in [0, 0.05) is 30.3 Å². The maximum atomic E-state index is 11.8. The normalized spacial score (nSPS) is 12.4. The summed E-state index contributed by atoms with van der Waals surface area (Å²) in [6.45, 7) is 0.630. The van der Waals surface area contributed by atoms with E-state index in [4.69, 9.17) is 5.26 Å². The fourth-order valence-electron chi connectivity index (χ4n) is 2.13. The molecule has 21 heavy (non-hydrogen) atoms. The van der Waals surface area contributed by atoms with Crippen LogP contribution >= 0.6 is 0 Å². The summed E-state index contributed by atoms with van der Waals surface area (Å²) in [5, 5.41) is 11.9. The Kier molecular flexibility index (Phi) is 3.37. The van der Waals surface area contributed by atoms with Crippen LogP contribution in [0.25, 0.3) is 0 Å². The Bertz CT molecular complexity index is 822. The van der Waals surface area contributed by atoms with Gasteiger partial charge in [0.15, 0.2) is 5.78 Å². The molecule has 0 unspecified atom stereocenters. The van der Waals surface area contributed by atoms with Gasteiger partial charge in [0.2, 0.25) is 0 Å². The summed E-state index contributed by atoms with van der Waals surface area (Å²) in [6.07, 6.45) is 2.13. The fraction of sp³-hybridized carbons (Fsp3) is 0.118. The van der Waals surface area contributed by atoms with Crippen LogP contribution in [0.2, 0.25) is 0 Å². The molecule has 0 radical (unpaired) electrons. The highest BCUT2D eigenvalue weighted by atomic mass is 16.1. The van der Waals surface area contributed by atoms with Crippen LogP contribution in [0.15, 0.2) is 36.5 Å². The second kappa shape index (κ2) is 5.48. The van der Waals surface area contributed by atoms with E-state index in [1.165, 1.54) is 0 Å². The number of carbonyl (C=O) groups excluding carboxylic acids is 1. The van der Waals surface area contributed by atoms with Crippen LogP contribution in [-0.2, 0) is 0 Å². The lowest BCUT2D eigenvalue weighted by atomic mass is 10.0. The zero-order valence-electron chi connectivity index (χ0n) is 11.2. The van der Waals surface area contributed by atoms with Gasteiger partial charge in [0.1, 0.15) is 5.82 Å². The molecule has 3 rings (SSSR count). The Labute approximate surface area is 122 Å². The van der Waals surface area contributed by atoms with E-state index >= 15 is 0 Å². The predicted molar refractivity (Wildman–Crippen MR) is 78.8 cm³/mol. The lowest BCUT2D eigenvalue weighted by molar-refractivity contribution is 0.0983. The van der Waals surface area contributed by atoms with Crippen molar-refractivity contribution in [2.24, 2.45) is 0 Å². The SMILES string of the molecule is N#Cc1cccc(C#Cc2cnc3c(c2)C(=O)CCN3)c1. The summed E-state index contributed by atoms with van der Waals surface area (Å²) >= 11 is 0. The molecule has 4 nitrogen and oxygen atoms in total. The lowest BCUT2D eigenvalue weighted by Crippen LogP contribution is -2.19. The molecule has 4 heteroatoms. The smallest absolute Gasteiger partial charge is 0.168 e. The molecule has 0 bridgehead atoms. The van der Waals surface area contributed by atoms with Gasteiger partial charge in [-0.3, -0.25) is 4.79 Å². The lowest BCUT2D eigenvalue weighted by Gasteiger charge is -2.15. The highest BCUT2D eigenvalue weighted by Crippen LogP contribution is 2.19. The van der Waals surface area contributed by atoms with E-state index in [1.807, 2.05) is 6.07 Å². The van der Waals surface area contributed by atoms with Gasteiger partial charge < -0.3 is 5.32 Å². The predicted octanol–water partition coefficient (Wildman–Crippen LogP) is 2.35. The van der Waals surface area contributed by atoms with Gasteiger partial charge in [-0.2, -0.15) is 5.26 Å². The highest BCUT2D eigenvalue weighted by molar-refractivity contribution is 6.02. The van der Waals surface area contributed by atoms with Gasteiger partial charge in [-0.1, -0.05) is 17.9 Å². The molecule has 100 valence electrons. The first kappa shape index (κ1) is 12.9. The number of hydrogen-bond acceptors (Lipinski definition) is 4. The number of carbonyl (C=O) groups is 1. The van der Waals surface area contributed by atoms with E-state index in [0.717, 1.165) is 5.56 Å². The van der Waals surface area contributed by atoms with Crippen LogP contribution in [0.4, 0.5) is 5.82 Å². The molecule has 0 fully saturated rings. The van der Waals surface area contributed by atoms with Crippen molar-refractivity contribution in [1.29, 1.82) is 5.26 Å². The Morgan fingerprint density at radius 3 is 2.81 bits per heavy atom. The van der Waals surface area contributed by atoms with Crippen LogP contribution in [0.5, 0.6) is 0 Å². The van der Waals surface area contributed by atoms with Crippen LogP contribution in [-0.4, -0.2) is 17.3 Å². The number of aromatic nitrogens is 1. The Morgan fingerprint density at radius 1 is 1.14 bits per heavy atom. The van der Waals surface area contributed by atoms with Crippen molar-refractivity contribution in [2.75, 3.05) is 11.9 Å². The number of hydrogen-bond donors (Lipinski definition) is 1. The molecule has 0 saturated carbocycles. The zero-order valence-corrected chi connectivity index (χ0v) is 11.2. The van der Waals surface area contributed by atoms with Crippen molar-refractivity contribution < 1.29 is 4.79 Å². The molecule has 1 aliphatic heterocycles. The van der Waals surface area contributed by atoms with Crippen LogP contribution in [0.1, 0.15) is 33.5 Å². The summed E-state index contributed by atoms with van der Waals surface area (Å²) in [7, 11) is 0. The van der Waals surface area contributed by atoms with Gasteiger partial charge in [0.05, 0.1) is 17.2 Å². The first-order chi connectivity index (χ1) is 10.3. The first-order valence-electron chi connectivity index (χ1n) is 6.55. The summed E-state index contributed by atoms with van der Waals surface area (Å²) in [4.78, 5) is 16.1. The van der Waals surface area contributed by atoms with Crippen molar-refractivity contribution in [2.45, 2.75) is 6.42 Å². The molecule has 0 amide bonds. The Morgan fingerprint density at radius 2 is 1.95 bits per heavy atom. The average Bonchev–Trinajstić information content (AvgIpc) is 2.54. The van der Waals surface area contributed by atoms with E-state index < -0.39 is 0 Å². The number of fused-ring (bicyclic) bond motifs is 1. The van der Waals surface area contributed by atoms with E-state index in [2.05, 4.69) is 28.2 Å². The van der Waals surface area contributed by atoms with Crippen LogP contribution in [0, 0.1) is 23.2 Å². The summed E-state index contributed by atoms with van der Waals surface area (Å²) in [5.41, 5.74) is 2.62. The second-order valence-corrected chi connectivity index (χ2v) is 4.66. The molecule has 0 aliphatic carbocycles. The molecule has 1 aromatic carbocycles. The molecule has 0 spiro atoms. The standard InChI is InChI=1S/C17H11N3O/c18-10-13-3-1-2-12(8-13)4-5-14-9-15-16(21)6-7-19-17(15)20-11-14/h1-3,8-9,11H,6-7H2,(H,19,20). The van der Waals surface area contributed by atoms with Gasteiger partial charge in [0.25, 0.3) is 0 Å². The van der Waals surface area contributed by atoms with Gasteiger partial charge >= 0.3 is 0 Å². The molecule has 2 aromatic rings. The van der Waals surface area contributed by atoms with Crippen molar-refractivity contribution >= 4 is 11.6 Å². The van der Waals surface area contributed by atoms with Crippen molar-refractivity contribution in [3.8, 4) is 17.9 Å². The fourth-order valence-corrected chi connectivity index (χ4v) is 2.13.